The summed E-state index contributed by atoms with van der Waals surface area (Å²) in [5.74, 6) is 0.0317. The minimum Gasteiger partial charge on any atom is -0.346 e. The van der Waals surface area contributed by atoms with Crippen molar-refractivity contribution >= 4 is 5.91 Å². The zero-order chi connectivity index (χ0) is 9.40. The van der Waals surface area contributed by atoms with Crippen molar-refractivity contribution in [3.8, 4) is 0 Å². The number of azide groups is 1. The van der Waals surface area contributed by atoms with Gasteiger partial charge < -0.3 is 4.90 Å². The van der Waals surface area contributed by atoms with E-state index in [4.69, 9.17) is 5.53 Å². The van der Waals surface area contributed by atoms with Crippen molar-refractivity contribution in [3.63, 3.8) is 0 Å². The Morgan fingerprint density at radius 1 is 1.67 bits per heavy atom. The number of hydrogen-bond acceptors (Lipinski definition) is 2. The first-order valence-electron chi connectivity index (χ1n) is 3.97. The molecule has 0 unspecified atom stereocenters. The van der Waals surface area contributed by atoms with Gasteiger partial charge in [0, 0.05) is 31.5 Å². The maximum absolute atomic E-state index is 11.2. The number of hydrogen-bond donors (Lipinski definition) is 0. The molecule has 0 radical (unpaired) electrons. The van der Waals surface area contributed by atoms with Crippen LogP contribution in [0.15, 0.2) is 5.11 Å². The molecule has 0 aromatic carbocycles. The van der Waals surface area contributed by atoms with E-state index >= 15 is 0 Å². The van der Waals surface area contributed by atoms with Gasteiger partial charge in [-0.3, -0.25) is 4.79 Å². The van der Waals surface area contributed by atoms with Crippen LogP contribution >= 0.6 is 0 Å². The number of amides is 1. The summed E-state index contributed by atoms with van der Waals surface area (Å²) in [5, 5.41) is 3.29. The lowest BCUT2D eigenvalue weighted by molar-refractivity contribution is -0.129. The fourth-order valence-corrected chi connectivity index (χ4v) is 0.841. The van der Waals surface area contributed by atoms with Crippen LogP contribution in [0, 0.1) is 0 Å². The first kappa shape index (κ1) is 10.8. The van der Waals surface area contributed by atoms with Crippen molar-refractivity contribution < 1.29 is 4.79 Å². The molecule has 0 bridgehead atoms. The molecule has 0 aliphatic rings. The van der Waals surface area contributed by atoms with E-state index in [0.717, 1.165) is 13.0 Å². The predicted octanol–water partition coefficient (Wildman–Crippen LogP) is 1.56. The molecule has 0 rings (SSSR count). The van der Waals surface area contributed by atoms with Gasteiger partial charge in [-0.05, 0) is 12.0 Å². The average Bonchev–Trinajstić information content (AvgIpc) is 2.05. The van der Waals surface area contributed by atoms with E-state index in [1.807, 2.05) is 6.92 Å². The molecule has 0 fully saturated rings. The molecule has 0 atom stereocenters. The van der Waals surface area contributed by atoms with Crippen LogP contribution in [0.1, 0.15) is 19.8 Å². The molecule has 0 aliphatic heterocycles. The van der Waals surface area contributed by atoms with Crippen LogP contribution < -0.4 is 0 Å². The Morgan fingerprint density at radius 3 is 2.83 bits per heavy atom. The van der Waals surface area contributed by atoms with E-state index in [1.165, 1.54) is 0 Å². The van der Waals surface area contributed by atoms with Gasteiger partial charge in [-0.15, -0.1) is 0 Å². The molecular formula is C7H14N4O. The normalized spacial score (nSPS) is 8.83. The van der Waals surface area contributed by atoms with Gasteiger partial charge in [-0.1, -0.05) is 12.0 Å². The summed E-state index contributed by atoms with van der Waals surface area (Å²) < 4.78 is 0. The molecule has 5 nitrogen and oxygen atoms in total. The zero-order valence-corrected chi connectivity index (χ0v) is 7.53. The molecule has 0 saturated heterocycles. The molecule has 0 aromatic rings. The van der Waals surface area contributed by atoms with Gasteiger partial charge >= 0.3 is 0 Å². The van der Waals surface area contributed by atoms with Crippen LogP contribution in [0.3, 0.4) is 0 Å². The van der Waals surface area contributed by atoms with E-state index in [-0.39, 0.29) is 12.5 Å². The van der Waals surface area contributed by atoms with Crippen LogP contribution in [0.5, 0.6) is 0 Å². The summed E-state index contributed by atoms with van der Waals surface area (Å²) in [6.45, 7) is 3.02. The standard InChI is InChI=1S/C7H14N4O/c1-3-6-11(2)7(12)4-5-9-10-8/h3-6H2,1-2H3. The summed E-state index contributed by atoms with van der Waals surface area (Å²) in [6, 6.07) is 0. The highest BCUT2D eigenvalue weighted by Gasteiger charge is 2.05. The minimum absolute atomic E-state index is 0.0317. The summed E-state index contributed by atoms with van der Waals surface area (Å²) in [7, 11) is 1.75. The van der Waals surface area contributed by atoms with Crippen molar-refractivity contribution in [2.45, 2.75) is 19.8 Å². The van der Waals surface area contributed by atoms with E-state index in [2.05, 4.69) is 10.0 Å². The summed E-state index contributed by atoms with van der Waals surface area (Å²) in [4.78, 5) is 15.4. The largest absolute Gasteiger partial charge is 0.346 e. The second-order valence-electron chi connectivity index (χ2n) is 2.52. The Kier molecular flexibility index (Phi) is 5.83. The van der Waals surface area contributed by atoms with E-state index in [0.29, 0.717) is 6.42 Å². The Bertz CT molecular complexity index is 186. The van der Waals surface area contributed by atoms with Gasteiger partial charge in [0.25, 0.3) is 0 Å². The van der Waals surface area contributed by atoms with E-state index in [1.54, 1.807) is 11.9 Å². The second-order valence-corrected chi connectivity index (χ2v) is 2.52. The molecule has 0 N–H and O–H groups in total. The third-order valence-electron chi connectivity index (χ3n) is 1.47. The van der Waals surface area contributed by atoms with Crippen LogP contribution in [0.2, 0.25) is 0 Å². The molecule has 12 heavy (non-hydrogen) atoms. The molecule has 68 valence electrons. The maximum Gasteiger partial charge on any atom is 0.222 e. The van der Waals surface area contributed by atoms with Crippen LogP contribution in [0.4, 0.5) is 0 Å². The maximum atomic E-state index is 11.2. The monoisotopic (exact) mass is 170 g/mol. The van der Waals surface area contributed by atoms with Gasteiger partial charge in [-0.25, -0.2) is 0 Å². The number of carbonyl (C=O) groups excluding carboxylic acids is 1. The molecule has 5 heteroatoms. The predicted molar refractivity (Wildman–Crippen MR) is 46.6 cm³/mol. The summed E-state index contributed by atoms with van der Waals surface area (Å²) in [5.41, 5.74) is 7.95. The van der Waals surface area contributed by atoms with Gasteiger partial charge in [0.15, 0.2) is 0 Å². The zero-order valence-electron chi connectivity index (χ0n) is 7.53. The van der Waals surface area contributed by atoms with Crippen LogP contribution in [-0.4, -0.2) is 30.9 Å². The van der Waals surface area contributed by atoms with Crippen LogP contribution in [0.25, 0.3) is 10.4 Å². The Labute approximate surface area is 72.0 Å². The van der Waals surface area contributed by atoms with Crippen molar-refractivity contribution in [3.05, 3.63) is 10.4 Å². The third-order valence-corrected chi connectivity index (χ3v) is 1.47. The highest BCUT2D eigenvalue weighted by atomic mass is 16.2. The highest BCUT2D eigenvalue weighted by Crippen LogP contribution is 1.93. The van der Waals surface area contributed by atoms with Gasteiger partial charge in [0.05, 0.1) is 0 Å². The Hall–Kier alpha value is -1.22. The lowest BCUT2D eigenvalue weighted by Crippen LogP contribution is -2.27. The number of carbonyl (C=O) groups is 1. The Balaban J connectivity index is 3.63. The Morgan fingerprint density at radius 2 is 2.33 bits per heavy atom. The SMILES string of the molecule is CCCN(C)C(=O)CCN=[N+]=[N-]. The highest BCUT2D eigenvalue weighted by molar-refractivity contribution is 5.76. The molecule has 0 heterocycles. The average molecular weight is 170 g/mol. The summed E-state index contributed by atoms with van der Waals surface area (Å²) in [6.07, 6.45) is 1.25. The molecule has 0 aliphatic carbocycles. The minimum atomic E-state index is 0.0317. The number of nitrogens with zero attached hydrogens (tertiary/aromatic N) is 4. The van der Waals surface area contributed by atoms with Crippen molar-refractivity contribution in [2.24, 2.45) is 5.11 Å². The molecule has 0 spiro atoms. The first-order valence-corrected chi connectivity index (χ1v) is 3.97. The van der Waals surface area contributed by atoms with E-state index in [9.17, 15) is 4.79 Å². The first-order chi connectivity index (χ1) is 5.72. The second kappa shape index (κ2) is 6.49. The lowest BCUT2D eigenvalue weighted by atomic mass is 10.3. The van der Waals surface area contributed by atoms with E-state index < -0.39 is 0 Å². The summed E-state index contributed by atoms with van der Waals surface area (Å²) >= 11 is 0. The quantitative estimate of drug-likeness (QED) is 0.350. The fraction of sp³-hybridized carbons (Fsp3) is 0.857. The van der Waals surface area contributed by atoms with Gasteiger partial charge in [0.2, 0.25) is 5.91 Å². The van der Waals surface area contributed by atoms with Gasteiger partial charge in [0.1, 0.15) is 0 Å². The molecule has 0 saturated carbocycles. The van der Waals surface area contributed by atoms with Crippen LogP contribution in [-0.2, 0) is 4.79 Å². The van der Waals surface area contributed by atoms with Gasteiger partial charge in [-0.2, -0.15) is 0 Å². The fourth-order valence-electron chi connectivity index (χ4n) is 0.841. The number of rotatable bonds is 5. The smallest absolute Gasteiger partial charge is 0.222 e. The van der Waals surface area contributed by atoms with Crippen molar-refractivity contribution in [2.75, 3.05) is 20.1 Å². The molecule has 0 aromatic heterocycles. The molecular weight excluding hydrogens is 156 g/mol. The van der Waals surface area contributed by atoms with Crippen molar-refractivity contribution in [1.82, 2.24) is 4.90 Å². The molecule has 1 amide bonds. The lowest BCUT2D eigenvalue weighted by Gasteiger charge is -2.14. The topological polar surface area (TPSA) is 69.1 Å². The van der Waals surface area contributed by atoms with Crippen molar-refractivity contribution in [1.29, 1.82) is 0 Å². The third kappa shape index (κ3) is 4.57.